The van der Waals surface area contributed by atoms with E-state index in [0.29, 0.717) is 6.04 Å². The summed E-state index contributed by atoms with van der Waals surface area (Å²) in [6.07, 6.45) is 0.889. The molecule has 0 radical (unpaired) electrons. The summed E-state index contributed by atoms with van der Waals surface area (Å²) in [5.74, 6) is 0.209. The highest BCUT2D eigenvalue weighted by Gasteiger charge is 2.35. The van der Waals surface area contributed by atoms with Crippen LogP contribution in [0.25, 0.3) is 0 Å². The standard InChI is InChI=1S/C13H19ClN2OS/c1-8(2)15-10-6-7-16(13(10)17)9(3)11-4-5-12(14)18-11/h4-5,8-10,15H,6-7H2,1-3H3. The van der Waals surface area contributed by atoms with Crippen LogP contribution < -0.4 is 5.32 Å². The third-order valence-electron chi connectivity index (χ3n) is 3.25. The Morgan fingerprint density at radius 3 is 2.72 bits per heavy atom. The molecule has 2 unspecified atom stereocenters. The quantitative estimate of drug-likeness (QED) is 0.923. The van der Waals surface area contributed by atoms with E-state index in [9.17, 15) is 4.79 Å². The lowest BCUT2D eigenvalue weighted by molar-refractivity contribution is -0.131. The Kier molecular flexibility index (Phi) is 4.30. The van der Waals surface area contributed by atoms with Crippen molar-refractivity contribution in [2.75, 3.05) is 6.54 Å². The van der Waals surface area contributed by atoms with Crippen LogP contribution in [-0.4, -0.2) is 29.4 Å². The van der Waals surface area contributed by atoms with E-state index in [1.54, 1.807) is 11.3 Å². The third-order valence-corrected chi connectivity index (χ3v) is 4.65. The van der Waals surface area contributed by atoms with Gasteiger partial charge in [0.1, 0.15) is 0 Å². The molecule has 1 amide bonds. The summed E-state index contributed by atoms with van der Waals surface area (Å²) in [5, 5.41) is 3.32. The average molecular weight is 287 g/mol. The van der Waals surface area contributed by atoms with Crippen LogP contribution in [0, 0.1) is 0 Å². The SMILES string of the molecule is CC(C)NC1CCN(C(C)c2ccc(Cl)s2)C1=O. The van der Waals surface area contributed by atoms with Crippen molar-refractivity contribution in [1.82, 2.24) is 10.2 Å². The molecule has 2 rings (SSSR count). The molecule has 3 nitrogen and oxygen atoms in total. The van der Waals surface area contributed by atoms with E-state index < -0.39 is 0 Å². The molecule has 1 N–H and O–H groups in total. The largest absolute Gasteiger partial charge is 0.334 e. The lowest BCUT2D eigenvalue weighted by atomic mass is 10.2. The van der Waals surface area contributed by atoms with E-state index >= 15 is 0 Å². The number of rotatable bonds is 4. The number of likely N-dealkylation sites (tertiary alicyclic amines) is 1. The topological polar surface area (TPSA) is 32.3 Å². The van der Waals surface area contributed by atoms with Crippen LogP contribution in [0.1, 0.15) is 38.1 Å². The Morgan fingerprint density at radius 2 is 2.17 bits per heavy atom. The molecule has 5 heteroatoms. The Labute approximate surface area is 117 Å². The third kappa shape index (κ3) is 2.87. The molecule has 18 heavy (non-hydrogen) atoms. The number of carbonyl (C=O) groups excluding carboxylic acids is 1. The summed E-state index contributed by atoms with van der Waals surface area (Å²) < 4.78 is 0.778. The molecule has 0 bridgehead atoms. The Bertz CT molecular complexity index is 432. The van der Waals surface area contributed by atoms with Crippen LogP contribution in [0.4, 0.5) is 0 Å². The van der Waals surface area contributed by atoms with Crippen LogP contribution >= 0.6 is 22.9 Å². The molecule has 1 aliphatic rings. The van der Waals surface area contributed by atoms with E-state index in [2.05, 4.69) is 26.1 Å². The van der Waals surface area contributed by atoms with E-state index in [0.717, 1.165) is 22.2 Å². The highest BCUT2D eigenvalue weighted by atomic mass is 35.5. The predicted octanol–water partition coefficient (Wildman–Crippen LogP) is 3.06. The van der Waals surface area contributed by atoms with Gasteiger partial charge < -0.3 is 10.2 Å². The molecule has 0 saturated carbocycles. The Morgan fingerprint density at radius 1 is 1.44 bits per heavy atom. The van der Waals surface area contributed by atoms with Crippen molar-refractivity contribution in [2.45, 2.75) is 45.3 Å². The molecule has 1 saturated heterocycles. The number of nitrogens with zero attached hydrogens (tertiary/aromatic N) is 1. The van der Waals surface area contributed by atoms with Crippen LogP contribution in [0.2, 0.25) is 4.34 Å². The van der Waals surface area contributed by atoms with Gasteiger partial charge in [-0.25, -0.2) is 0 Å². The second-order valence-electron chi connectivity index (χ2n) is 5.01. The molecule has 2 atom stereocenters. The summed E-state index contributed by atoms with van der Waals surface area (Å²) in [6, 6.07) is 4.33. The van der Waals surface area contributed by atoms with Gasteiger partial charge in [0.05, 0.1) is 16.4 Å². The molecule has 1 aliphatic heterocycles. The van der Waals surface area contributed by atoms with Gasteiger partial charge in [-0.05, 0) is 25.5 Å². The molecule has 0 aromatic carbocycles. The summed E-state index contributed by atoms with van der Waals surface area (Å²) in [7, 11) is 0. The van der Waals surface area contributed by atoms with Crippen molar-refractivity contribution < 1.29 is 4.79 Å². The highest BCUT2D eigenvalue weighted by molar-refractivity contribution is 7.16. The fraction of sp³-hybridized carbons (Fsp3) is 0.615. The molecule has 0 aliphatic carbocycles. The molecular weight excluding hydrogens is 268 g/mol. The molecular formula is C13H19ClN2OS. The minimum absolute atomic E-state index is 0.0251. The van der Waals surface area contributed by atoms with Gasteiger partial charge >= 0.3 is 0 Å². The number of amides is 1. The van der Waals surface area contributed by atoms with E-state index in [1.807, 2.05) is 17.0 Å². The maximum atomic E-state index is 12.3. The van der Waals surface area contributed by atoms with Crippen LogP contribution in [-0.2, 0) is 4.79 Å². The Hall–Kier alpha value is -0.580. The van der Waals surface area contributed by atoms with Crippen molar-refractivity contribution in [3.8, 4) is 0 Å². The van der Waals surface area contributed by atoms with Crippen LogP contribution in [0.3, 0.4) is 0 Å². The van der Waals surface area contributed by atoms with Gasteiger partial charge in [0.2, 0.25) is 5.91 Å². The van der Waals surface area contributed by atoms with Gasteiger partial charge in [-0.1, -0.05) is 25.4 Å². The first kappa shape index (κ1) is 13.8. The fourth-order valence-corrected chi connectivity index (χ4v) is 3.48. The van der Waals surface area contributed by atoms with Crippen LogP contribution in [0.5, 0.6) is 0 Å². The number of nitrogens with one attached hydrogen (secondary N) is 1. The van der Waals surface area contributed by atoms with Crippen molar-refractivity contribution in [2.24, 2.45) is 0 Å². The normalized spacial score (nSPS) is 21.9. The number of halogens is 1. The number of hydrogen-bond donors (Lipinski definition) is 1. The molecule has 1 aromatic heterocycles. The monoisotopic (exact) mass is 286 g/mol. The maximum absolute atomic E-state index is 12.3. The molecule has 2 heterocycles. The summed E-state index contributed by atoms with van der Waals surface area (Å²) in [6.45, 7) is 7.02. The number of thiophene rings is 1. The Balaban J connectivity index is 2.04. The van der Waals surface area contributed by atoms with Crippen LogP contribution in [0.15, 0.2) is 12.1 Å². The highest BCUT2D eigenvalue weighted by Crippen LogP contribution is 2.32. The summed E-state index contributed by atoms with van der Waals surface area (Å²) >= 11 is 7.50. The summed E-state index contributed by atoms with van der Waals surface area (Å²) in [5.41, 5.74) is 0. The molecule has 1 fully saturated rings. The van der Waals surface area contributed by atoms with E-state index in [4.69, 9.17) is 11.6 Å². The second-order valence-corrected chi connectivity index (χ2v) is 6.76. The predicted molar refractivity (Wildman–Crippen MR) is 76.1 cm³/mol. The zero-order chi connectivity index (χ0) is 13.3. The average Bonchev–Trinajstić information content (AvgIpc) is 2.86. The second kappa shape index (κ2) is 5.59. The molecule has 1 aromatic rings. The first-order valence-corrected chi connectivity index (χ1v) is 7.50. The zero-order valence-electron chi connectivity index (χ0n) is 10.9. The van der Waals surface area contributed by atoms with Crippen molar-refractivity contribution >= 4 is 28.8 Å². The van der Waals surface area contributed by atoms with Gasteiger partial charge in [-0.3, -0.25) is 4.79 Å². The first-order chi connectivity index (χ1) is 8.49. The van der Waals surface area contributed by atoms with Gasteiger partial charge in [0.25, 0.3) is 0 Å². The van der Waals surface area contributed by atoms with Gasteiger partial charge in [0, 0.05) is 17.5 Å². The molecule has 0 spiro atoms. The first-order valence-electron chi connectivity index (χ1n) is 6.31. The van der Waals surface area contributed by atoms with Crippen molar-refractivity contribution in [1.29, 1.82) is 0 Å². The van der Waals surface area contributed by atoms with E-state index in [-0.39, 0.29) is 18.0 Å². The number of carbonyl (C=O) groups is 1. The van der Waals surface area contributed by atoms with E-state index in [1.165, 1.54) is 0 Å². The minimum Gasteiger partial charge on any atom is -0.334 e. The van der Waals surface area contributed by atoms with Gasteiger partial charge in [0.15, 0.2) is 0 Å². The fourth-order valence-electron chi connectivity index (χ4n) is 2.35. The smallest absolute Gasteiger partial charge is 0.240 e. The number of hydrogen-bond acceptors (Lipinski definition) is 3. The summed E-state index contributed by atoms with van der Waals surface area (Å²) in [4.78, 5) is 15.4. The zero-order valence-corrected chi connectivity index (χ0v) is 12.5. The van der Waals surface area contributed by atoms with Crippen molar-refractivity contribution in [3.63, 3.8) is 0 Å². The lowest BCUT2D eigenvalue weighted by Crippen LogP contribution is -2.42. The van der Waals surface area contributed by atoms with Gasteiger partial charge in [-0.2, -0.15) is 0 Å². The van der Waals surface area contributed by atoms with Gasteiger partial charge in [-0.15, -0.1) is 11.3 Å². The lowest BCUT2D eigenvalue weighted by Gasteiger charge is -2.24. The maximum Gasteiger partial charge on any atom is 0.240 e. The minimum atomic E-state index is -0.0251. The van der Waals surface area contributed by atoms with Crippen molar-refractivity contribution in [3.05, 3.63) is 21.3 Å². The molecule has 100 valence electrons.